The van der Waals surface area contributed by atoms with Crippen molar-refractivity contribution in [1.82, 2.24) is 5.32 Å². The highest BCUT2D eigenvalue weighted by molar-refractivity contribution is 5.92. The monoisotopic (exact) mass is 290 g/mol. The van der Waals surface area contributed by atoms with Crippen molar-refractivity contribution < 1.29 is 13.6 Å². The second-order valence-electron chi connectivity index (χ2n) is 4.79. The van der Waals surface area contributed by atoms with Crippen LogP contribution in [0, 0.1) is 11.6 Å². The highest BCUT2D eigenvalue weighted by atomic mass is 19.1. The number of hydrogen-bond acceptors (Lipinski definition) is 2. The minimum Gasteiger partial charge on any atom is -0.366 e. The predicted molar refractivity (Wildman–Crippen MR) is 76.6 cm³/mol. The summed E-state index contributed by atoms with van der Waals surface area (Å²) < 4.78 is 27.4. The van der Waals surface area contributed by atoms with Gasteiger partial charge < -0.3 is 11.1 Å². The first-order valence-electron chi connectivity index (χ1n) is 6.55. The van der Waals surface area contributed by atoms with Crippen molar-refractivity contribution in [1.29, 1.82) is 0 Å². The van der Waals surface area contributed by atoms with Crippen LogP contribution in [0.3, 0.4) is 0 Å². The molecule has 0 aromatic heterocycles. The van der Waals surface area contributed by atoms with Crippen LogP contribution in [-0.2, 0) is 6.54 Å². The van der Waals surface area contributed by atoms with E-state index in [-0.39, 0.29) is 24.0 Å². The summed E-state index contributed by atoms with van der Waals surface area (Å²) in [4.78, 5) is 11.0. The summed E-state index contributed by atoms with van der Waals surface area (Å²) in [5.74, 6) is -1.49. The summed E-state index contributed by atoms with van der Waals surface area (Å²) in [5.41, 5.74) is 6.12. The van der Waals surface area contributed by atoms with Gasteiger partial charge in [-0.25, -0.2) is 8.78 Å². The van der Waals surface area contributed by atoms with E-state index in [0.29, 0.717) is 11.1 Å². The molecule has 1 atom stereocenters. The lowest BCUT2D eigenvalue weighted by Crippen LogP contribution is -2.20. The van der Waals surface area contributed by atoms with Gasteiger partial charge in [-0.2, -0.15) is 0 Å². The fraction of sp³-hybridized carbons (Fsp3) is 0.188. The van der Waals surface area contributed by atoms with E-state index in [2.05, 4.69) is 5.32 Å². The second kappa shape index (κ2) is 6.45. The third kappa shape index (κ3) is 3.64. The number of hydrogen-bond donors (Lipinski definition) is 2. The molecule has 0 aliphatic heterocycles. The molecule has 2 aromatic rings. The Kier molecular flexibility index (Phi) is 4.65. The molecule has 0 heterocycles. The molecule has 0 radical (unpaired) electrons. The molecule has 21 heavy (non-hydrogen) atoms. The van der Waals surface area contributed by atoms with Gasteiger partial charge in [0, 0.05) is 29.3 Å². The van der Waals surface area contributed by atoms with Crippen LogP contribution >= 0.6 is 0 Å². The van der Waals surface area contributed by atoms with Gasteiger partial charge in [0.1, 0.15) is 11.6 Å². The van der Waals surface area contributed by atoms with Crippen molar-refractivity contribution in [3.63, 3.8) is 0 Å². The summed E-state index contributed by atoms with van der Waals surface area (Å²) in [5, 5.41) is 3.05. The molecule has 3 nitrogen and oxygen atoms in total. The van der Waals surface area contributed by atoms with Crippen molar-refractivity contribution in [2.75, 3.05) is 0 Å². The Balaban J connectivity index is 2.06. The summed E-state index contributed by atoms with van der Waals surface area (Å²) in [6.45, 7) is 2.02. The zero-order chi connectivity index (χ0) is 15.4. The van der Waals surface area contributed by atoms with Crippen molar-refractivity contribution in [3.8, 4) is 0 Å². The Hall–Kier alpha value is -2.27. The van der Waals surface area contributed by atoms with Gasteiger partial charge in [-0.05, 0) is 25.1 Å². The van der Waals surface area contributed by atoms with Gasteiger partial charge in [-0.15, -0.1) is 0 Å². The summed E-state index contributed by atoms with van der Waals surface area (Å²) in [7, 11) is 0. The Labute approximate surface area is 121 Å². The normalized spacial score (nSPS) is 12.1. The lowest BCUT2D eigenvalue weighted by atomic mass is 10.1. The first-order chi connectivity index (χ1) is 9.99. The number of amides is 1. The molecule has 3 N–H and O–H groups in total. The first-order valence-corrected chi connectivity index (χ1v) is 6.55. The van der Waals surface area contributed by atoms with E-state index in [1.165, 1.54) is 18.2 Å². The van der Waals surface area contributed by atoms with Crippen molar-refractivity contribution in [3.05, 3.63) is 70.8 Å². The zero-order valence-electron chi connectivity index (χ0n) is 11.6. The number of nitrogens with two attached hydrogens (primary N) is 1. The number of carbonyl (C=O) groups is 1. The molecule has 0 fully saturated rings. The molecule has 0 bridgehead atoms. The molecule has 5 heteroatoms. The molecule has 0 saturated heterocycles. The molecule has 1 unspecified atom stereocenters. The molecule has 110 valence electrons. The largest absolute Gasteiger partial charge is 0.366 e. The van der Waals surface area contributed by atoms with E-state index in [9.17, 15) is 13.6 Å². The minimum absolute atomic E-state index is 0.124. The Morgan fingerprint density at radius 1 is 1.19 bits per heavy atom. The van der Waals surface area contributed by atoms with Crippen molar-refractivity contribution in [2.24, 2.45) is 5.73 Å². The molecule has 0 aliphatic rings. The highest BCUT2D eigenvalue weighted by Gasteiger charge is 2.11. The van der Waals surface area contributed by atoms with Crippen LogP contribution in [0.5, 0.6) is 0 Å². The van der Waals surface area contributed by atoms with Crippen molar-refractivity contribution in [2.45, 2.75) is 19.5 Å². The average molecular weight is 290 g/mol. The third-order valence-electron chi connectivity index (χ3n) is 3.31. The maximum absolute atomic E-state index is 13.8. The van der Waals surface area contributed by atoms with Crippen LogP contribution in [0.25, 0.3) is 0 Å². The number of primary amides is 1. The smallest absolute Gasteiger partial charge is 0.248 e. The number of rotatable bonds is 5. The molecule has 2 rings (SSSR count). The lowest BCUT2D eigenvalue weighted by Gasteiger charge is -2.15. The molecular formula is C16H16F2N2O. The van der Waals surface area contributed by atoms with Crippen LogP contribution in [0.15, 0.2) is 42.5 Å². The van der Waals surface area contributed by atoms with Crippen LogP contribution in [0.4, 0.5) is 8.78 Å². The van der Waals surface area contributed by atoms with Gasteiger partial charge in [-0.1, -0.05) is 24.3 Å². The van der Waals surface area contributed by atoms with Gasteiger partial charge in [-0.3, -0.25) is 4.79 Å². The SMILES string of the molecule is CC(NCc1ccc(C(N)=O)cc1F)c1ccccc1F. The predicted octanol–water partition coefficient (Wildman–Crippen LogP) is 2.91. The van der Waals surface area contributed by atoms with E-state index in [1.54, 1.807) is 25.1 Å². The Morgan fingerprint density at radius 2 is 1.90 bits per heavy atom. The molecule has 1 amide bonds. The Bertz CT molecular complexity index is 658. The first kappa shape index (κ1) is 15.1. The number of halogens is 2. The fourth-order valence-electron chi connectivity index (χ4n) is 2.04. The molecule has 2 aromatic carbocycles. The van der Waals surface area contributed by atoms with Crippen LogP contribution in [0.2, 0.25) is 0 Å². The fourth-order valence-corrected chi connectivity index (χ4v) is 2.04. The number of carbonyl (C=O) groups excluding carboxylic acids is 1. The van der Waals surface area contributed by atoms with E-state index in [4.69, 9.17) is 5.73 Å². The highest BCUT2D eigenvalue weighted by Crippen LogP contribution is 2.17. The topological polar surface area (TPSA) is 55.1 Å². The van der Waals surface area contributed by atoms with Gasteiger partial charge in [0.15, 0.2) is 0 Å². The maximum Gasteiger partial charge on any atom is 0.248 e. The molecule has 0 spiro atoms. The van der Waals surface area contributed by atoms with E-state index in [1.807, 2.05) is 0 Å². The van der Waals surface area contributed by atoms with Crippen molar-refractivity contribution >= 4 is 5.91 Å². The molecule has 0 saturated carbocycles. The Morgan fingerprint density at radius 3 is 2.52 bits per heavy atom. The minimum atomic E-state index is -0.673. The molecule has 0 aliphatic carbocycles. The quantitative estimate of drug-likeness (QED) is 0.889. The van der Waals surface area contributed by atoms with Gasteiger partial charge >= 0.3 is 0 Å². The van der Waals surface area contributed by atoms with Gasteiger partial charge in [0.25, 0.3) is 0 Å². The maximum atomic E-state index is 13.8. The second-order valence-corrected chi connectivity index (χ2v) is 4.79. The molecular weight excluding hydrogens is 274 g/mol. The summed E-state index contributed by atoms with van der Waals surface area (Å²) >= 11 is 0. The van der Waals surface area contributed by atoms with E-state index >= 15 is 0 Å². The van der Waals surface area contributed by atoms with E-state index < -0.39 is 11.7 Å². The zero-order valence-corrected chi connectivity index (χ0v) is 11.6. The summed E-state index contributed by atoms with van der Waals surface area (Å²) in [6, 6.07) is 10.2. The van der Waals surface area contributed by atoms with E-state index in [0.717, 1.165) is 6.07 Å². The van der Waals surface area contributed by atoms with Crippen LogP contribution in [-0.4, -0.2) is 5.91 Å². The number of benzene rings is 2. The van der Waals surface area contributed by atoms with Gasteiger partial charge in [0.05, 0.1) is 0 Å². The van der Waals surface area contributed by atoms with Crippen LogP contribution in [0.1, 0.15) is 34.5 Å². The lowest BCUT2D eigenvalue weighted by molar-refractivity contribution is 0.1000. The third-order valence-corrected chi connectivity index (χ3v) is 3.31. The van der Waals surface area contributed by atoms with Gasteiger partial charge in [0.2, 0.25) is 5.91 Å². The number of nitrogens with one attached hydrogen (secondary N) is 1. The summed E-state index contributed by atoms with van der Waals surface area (Å²) in [6.07, 6.45) is 0. The average Bonchev–Trinajstić information content (AvgIpc) is 2.46. The standard InChI is InChI=1S/C16H16F2N2O/c1-10(13-4-2-3-5-14(13)17)20-9-12-7-6-11(16(19)21)8-15(12)18/h2-8,10,20H,9H2,1H3,(H2,19,21). The van der Waals surface area contributed by atoms with Crippen LogP contribution < -0.4 is 11.1 Å².